The SMILES string of the molecule is O=C(Nc1ccc(N2CCN(C(=O)C3CCCCC3)CC2)cc1)C1CCCC1. The molecule has 0 bridgehead atoms. The second-order valence-electron chi connectivity index (χ2n) is 8.66. The molecule has 2 saturated carbocycles. The monoisotopic (exact) mass is 383 g/mol. The van der Waals surface area contributed by atoms with Gasteiger partial charge in [-0.15, -0.1) is 0 Å². The Morgan fingerprint density at radius 1 is 0.750 bits per heavy atom. The van der Waals surface area contributed by atoms with Gasteiger partial charge in [0.15, 0.2) is 0 Å². The number of hydrogen-bond acceptors (Lipinski definition) is 3. The van der Waals surface area contributed by atoms with E-state index in [1.165, 1.54) is 37.8 Å². The second-order valence-corrected chi connectivity index (χ2v) is 8.66. The van der Waals surface area contributed by atoms with Crippen molar-refractivity contribution in [2.75, 3.05) is 36.4 Å². The summed E-state index contributed by atoms with van der Waals surface area (Å²) in [6.07, 6.45) is 10.2. The van der Waals surface area contributed by atoms with Crippen molar-refractivity contribution < 1.29 is 9.59 Å². The van der Waals surface area contributed by atoms with Gasteiger partial charge in [-0.05, 0) is 49.9 Å². The van der Waals surface area contributed by atoms with Crippen molar-refractivity contribution in [1.82, 2.24) is 4.90 Å². The molecular formula is C23H33N3O2. The number of rotatable bonds is 4. The molecule has 4 rings (SSSR count). The first-order chi connectivity index (χ1) is 13.7. The van der Waals surface area contributed by atoms with Crippen LogP contribution in [0.3, 0.4) is 0 Å². The summed E-state index contributed by atoms with van der Waals surface area (Å²) in [4.78, 5) is 29.4. The largest absolute Gasteiger partial charge is 0.368 e. The van der Waals surface area contributed by atoms with Gasteiger partial charge in [-0.25, -0.2) is 0 Å². The lowest BCUT2D eigenvalue weighted by molar-refractivity contribution is -0.136. The predicted octanol–water partition coefficient (Wildman–Crippen LogP) is 4.04. The molecule has 1 aliphatic heterocycles. The van der Waals surface area contributed by atoms with E-state index in [9.17, 15) is 9.59 Å². The number of carbonyl (C=O) groups is 2. The van der Waals surface area contributed by atoms with Crippen molar-refractivity contribution in [2.24, 2.45) is 11.8 Å². The summed E-state index contributed by atoms with van der Waals surface area (Å²) >= 11 is 0. The fourth-order valence-corrected chi connectivity index (χ4v) is 4.98. The Kier molecular flexibility index (Phi) is 6.18. The van der Waals surface area contributed by atoms with Crippen LogP contribution in [-0.4, -0.2) is 42.9 Å². The van der Waals surface area contributed by atoms with E-state index >= 15 is 0 Å². The first-order valence-corrected chi connectivity index (χ1v) is 11.2. The molecule has 3 fully saturated rings. The van der Waals surface area contributed by atoms with Gasteiger partial charge < -0.3 is 15.1 Å². The van der Waals surface area contributed by atoms with Crippen molar-refractivity contribution in [3.63, 3.8) is 0 Å². The number of carbonyl (C=O) groups excluding carboxylic acids is 2. The van der Waals surface area contributed by atoms with Gasteiger partial charge in [0.1, 0.15) is 0 Å². The number of anilines is 2. The van der Waals surface area contributed by atoms with Gasteiger partial charge in [-0.2, -0.15) is 0 Å². The molecule has 0 radical (unpaired) electrons. The molecule has 0 aromatic heterocycles. The third kappa shape index (κ3) is 4.50. The zero-order chi connectivity index (χ0) is 19.3. The summed E-state index contributed by atoms with van der Waals surface area (Å²) in [5.74, 6) is 1.00. The molecule has 152 valence electrons. The minimum absolute atomic E-state index is 0.167. The molecule has 2 aliphatic carbocycles. The zero-order valence-electron chi connectivity index (χ0n) is 16.9. The maximum Gasteiger partial charge on any atom is 0.227 e. The van der Waals surface area contributed by atoms with Gasteiger partial charge >= 0.3 is 0 Å². The summed E-state index contributed by atoms with van der Waals surface area (Å²) < 4.78 is 0. The molecule has 0 spiro atoms. The van der Waals surface area contributed by atoms with Crippen LogP contribution < -0.4 is 10.2 Å². The third-order valence-corrected chi connectivity index (χ3v) is 6.77. The van der Waals surface area contributed by atoms with Gasteiger partial charge in [0.2, 0.25) is 11.8 Å². The van der Waals surface area contributed by atoms with Gasteiger partial charge in [0.25, 0.3) is 0 Å². The molecule has 1 heterocycles. The highest BCUT2D eigenvalue weighted by molar-refractivity contribution is 5.92. The number of benzene rings is 1. The Labute approximate surface area is 168 Å². The molecular weight excluding hydrogens is 350 g/mol. The average Bonchev–Trinajstić information content (AvgIpc) is 3.30. The van der Waals surface area contributed by atoms with Gasteiger partial charge in [-0.3, -0.25) is 9.59 Å². The van der Waals surface area contributed by atoms with Crippen LogP contribution in [0, 0.1) is 11.8 Å². The lowest BCUT2D eigenvalue weighted by Gasteiger charge is -2.38. The minimum Gasteiger partial charge on any atom is -0.368 e. The quantitative estimate of drug-likeness (QED) is 0.854. The van der Waals surface area contributed by atoms with Gasteiger partial charge in [-0.1, -0.05) is 32.1 Å². The summed E-state index contributed by atoms with van der Waals surface area (Å²) in [6, 6.07) is 8.18. The van der Waals surface area contributed by atoms with E-state index in [0.29, 0.717) is 5.91 Å². The number of amides is 2. The Balaban J connectivity index is 1.27. The molecule has 1 aromatic rings. The van der Waals surface area contributed by atoms with Crippen molar-refractivity contribution in [1.29, 1.82) is 0 Å². The molecule has 0 unspecified atom stereocenters. The highest BCUT2D eigenvalue weighted by atomic mass is 16.2. The molecule has 1 saturated heterocycles. The Morgan fingerprint density at radius 3 is 1.96 bits per heavy atom. The third-order valence-electron chi connectivity index (χ3n) is 6.77. The number of nitrogens with zero attached hydrogens (tertiary/aromatic N) is 2. The molecule has 5 nitrogen and oxygen atoms in total. The smallest absolute Gasteiger partial charge is 0.227 e. The van der Waals surface area contributed by atoms with E-state index in [1.54, 1.807) is 0 Å². The maximum atomic E-state index is 12.7. The number of piperazine rings is 1. The highest BCUT2D eigenvalue weighted by Gasteiger charge is 2.28. The normalized spacial score (nSPS) is 21.7. The number of nitrogens with one attached hydrogen (secondary N) is 1. The standard InChI is InChI=1S/C23H33N3O2/c27-22(18-6-4-5-7-18)24-20-10-12-21(13-11-20)25-14-16-26(17-15-25)23(28)19-8-2-1-3-9-19/h10-13,18-19H,1-9,14-17H2,(H,24,27). The van der Waals surface area contributed by atoms with Crippen LogP contribution in [-0.2, 0) is 9.59 Å². The minimum atomic E-state index is 0.167. The summed E-state index contributed by atoms with van der Waals surface area (Å²) in [5, 5.41) is 3.06. The maximum absolute atomic E-state index is 12.7. The summed E-state index contributed by atoms with van der Waals surface area (Å²) in [5.41, 5.74) is 2.05. The van der Waals surface area contributed by atoms with Crippen molar-refractivity contribution in [3.05, 3.63) is 24.3 Å². The molecule has 28 heavy (non-hydrogen) atoms. The fourth-order valence-electron chi connectivity index (χ4n) is 4.98. The van der Waals surface area contributed by atoms with Crippen molar-refractivity contribution in [2.45, 2.75) is 57.8 Å². The zero-order valence-corrected chi connectivity index (χ0v) is 16.9. The Bertz CT molecular complexity index is 668. The van der Waals surface area contributed by atoms with Crippen LogP contribution in [0.15, 0.2) is 24.3 Å². The molecule has 1 N–H and O–H groups in total. The molecule has 1 aromatic carbocycles. The van der Waals surface area contributed by atoms with Crippen LogP contribution in [0.2, 0.25) is 0 Å². The van der Waals surface area contributed by atoms with Crippen LogP contribution in [0.5, 0.6) is 0 Å². The molecule has 2 amide bonds. The van der Waals surface area contributed by atoms with Crippen LogP contribution in [0.4, 0.5) is 11.4 Å². The summed E-state index contributed by atoms with van der Waals surface area (Å²) in [6.45, 7) is 3.39. The van der Waals surface area contributed by atoms with Crippen LogP contribution in [0.1, 0.15) is 57.8 Å². The van der Waals surface area contributed by atoms with Crippen molar-refractivity contribution >= 4 is 23.2 Å². The van der Waals surface area contributed by atoms with E-state index in [-0.39, 0.29) is 17.7 Å². The first kappa shape index (κ1) is 19.3. The summed E-state index contributed by atoms with van der Waals surface area (Å²) in [7, 11) is 0. The Morgan fingerprint density at radius 2 is 1.32 bits per heavy atom. The van der Waals surface area contributed by atoms with Gasteiger partial charge in [0.05, 0.1) is 0 Å². The molecule has 0 atom stereocenters. The molecule has 5 heteroatoms. The molecule has 3 aliphatic rings. The Hall–Kier alpha value is -2.04. The van der Waals surface area contributed by atoms with Gasteiger partial charge in [0, 0.05) is 49.4 Å². The lowest BCUT2D eigenvalue weighted by atomic mass is 9.88. The van der Waals surface area contributed by atoms with E-state index in [4.69, 9.17) is 0 Å². The van der Waals surface area contributed by atoms with E-state index in [0.717, 1.165) is 57.5 Å². The van der Waals surface area contributed by atoms with E-state index in [2.05, 4.69) is 27.2 Å². The van der Waals surface area contributed by atoms with Crippen LogP contribution >= 0.6 is 0 Å². The van der Waals surface area contributed by atoms with Crippen LogP contribution in [0.25, 0.3) is 0 Å². The second kappa shape index (κ2) is 8.97. The first-order valence-electron chi connectivity index (χ1n) is 11.2. The average molecular weight is 384 g/mol. The fraction of sp³-hybridized carbons (Fsp3) is 0.652. The highest BCUT2D eigenvalue weighted by Crippen LogP contribution is 2.28. The van der Waals surface area contributed by atoms with E-state index < -0.39 is 0 Å². The predicted molar refractivity (Wildman–Crippen MR) is 112 cm³/mol. The topological polar surface area (TPSA) is 52.7 Å². The van der Waals surface area contributed by atoms with Crippen molar-refractivity contribution in [3.8, 4) is 0 Å². The number of hydrogen-bond donors (Lipinski definition) is 1. The lowest BCUT2D eigenvalue weighted by Crippen LogP contribution is -2.50. The van der Waals surface area contributed by atoms with E-state index in [1.807, 2.05) is 12.1 Å².